The number of fused-ring (bicyclic) bond motifs is 1. The Morgan fingerprint density at radius 3 is 2.78 bits per heavy atom. The number of amides is 1. The molecule has 2 aromatic rings. The third-order valence-electron chi connectivity index (χ3n) is 3.84. The highest BCUT2D eigenvalue weighted by atomic mass is 16.5. The quantitative estimate of drug-likeness (QED) is 0.932. The smallest absolute Gasteiger partial charge is 0.245 e. The summed E-state index contributed by atoms with van der Waals surface area (Å²) >= 11 is 0. The standard InChI is InChI=1S/C16H20N4O3/c1-11(19-16(21)12(2)20-10-17-9-18-20)13-4-5-14-15(8-13)23-7-3-6-22-14/h4-5,8-12H,3,6-7H2,1-2H3,(H,19,21)/t11-,12-/m0/s1. The molecule has 7 nitrogen and oxygen atoms in total. The van der Waals surface area contributed by atoms with Crippen molar-refractivity contribution in [1.82, 2.24) is 20.1 Å². The molecule has 7 heteroatoms. The van der Waals surface area contributed by atoms with E-state index in [9.17, 15) is 4.79 Å². The summed E-state index contributed by atoms with van der Waals surface area (Å²) in [5, 5.41) is 6.98. The molecule has 0 aliphatic carbocycles. The highest BCUT2D eigenvalue weighted by Gasteiger charge is 2.19. The van der Waals surface area contributed by atoms with Gasteiger partial charge in [0.25, 0.3) is 0 Å². The molecule has 2 atom stereocenters. The maximum Gasteiger partial charge on any atom is 0.245 e. The van der Waals surface area contributed by atoms with Gasteiger partial charge >= 0.3 is 0 Å². The second-order valence-electron chi connectivity index (χ2n) is 5.54. The number of benzene rings is 1. The van der Waals surface area contributed by atoms with Gasteiger partial charge in [0, 0.05) is 6.42 Å². The van der Waals surface area contributed by atoms with E-state index in [-0.39, 0.29) is 11.9 Å². The predicted octanol–water partition coefficient (Wildman–Crippen LogP) is 1.88. The van der Waals surface area contributed by atoms with Crippen LogP contribution >= 0.6 is 0 Å². The van der Waals surface area contributed by atoms with Gasteiger partial charge in [0.15, 0.2) is 11.5 Å². The molecule has 3 rings (SSSR count). The predicted molar refractivity (Wildman–Crippen MR) is 83.3 cm³/mol. The van der Waals surface area contributed by atoms with Crippen LogP contribution in [0.2, 0.25) is 0 Å². The molecule has 0 spiro atoms. The fraction of sp³-hybridized carbons (Fsp3) is 0.438. The monoisotopic (exact) mass is 316 g/mol. The highest BCUT2D eigenvalue weighted by Crippen LogP contribution is 2.32. The molecule has 0 unspecified atom stereocenters. The Morgan fingerprint density at radius 2 is 2.04 bits per heavy atom. The van der Waals surface area contributed by atoms with Crippen LogP contribution in [0.5, 0.6) is 11.5 Å². The molecule has 1 aromatic carbocycles. The number of nitrogens with one attached hydrogen (secondary N) is 1. The number of hydrogen-bond acceptors (Lipinski definition) is 5. The lowest BCUT2D eigenvalue weighted by atomic mass is 10.1. The summed E-state index contributed by atoms with van der Waals surface area (Å²) in [4.78, 5) is 16.2. The fourth-order valence-corrected chi connectivity index (χ4v) is 2.40. The molecular formula is C16H20N4O3. The van der Waals surface area contributed by atoms with Crippen LogP contribution in [0.1, 0.15) is 37.9 Å². The first kappa shape index (κ1) is 15.3. The van der Waals surface area contributed by atoms with Gasteiger partial charge in [-0.05, 0) is 31.5 Å². The first-order valence-corrected chi connectivity index (χ1v) is 7.69. The minimum atomic E-state index is -0.416. The van der Waals surface area contributed by atoms with Gasteiger partial charge < -0.3 is 14.8 Å². The lowest BCUT2D eigenvalue weighted by molar-refractivity contribution is -0.124. The van der Waals surface area contributed by atoms with Crippen LogP contribution in [0.25, 0.3) is 0 Å². The summed E-state index contributed by atoms with van der Waals surface area (Å²) in [6.07, 6.45) is 3.81. The first-order valence-electron chi connectivity index (χ1n) is 7.69. The Morgan fingerprint density at radius 1 is 1.26 bits per heavy atom. The van der Waals surface area contributed by atoms with E-state index < -0.39 is 6.04 Å². The molecule has 0 radical (unpaired) electrons. The van der Waals surface area contributed by atoms with Crippen LogP contribution in [0.3, 0.4) is 0 Å². The van der Waals surface area contributed by atoms with Gasteiger partial charge in [0.2, 0.25) is 5.91 Å². The SMILES string of the molecule is C[C@H](NC(=O)[C@H](C)n1cncn1)c1ccc2c(c1)OCCCO2. The van der Waals surface area contributed by atoms with Crippen LogP contribution < -0.4 is 14.8 Å². The van der Waals surface area contributed by atoms with E-state index in [2.05, 4.69) is 15.4 Å². The van der Waals surface area contributed by atoms with Gasteiger partial charge in [0.1, 0.15) is 18.7 Å². The summed E-state index contributed by atoms with van der Waals surface area (Å²) in [6, 6.07) is 5.19. The molecule has 2 heterocycles. The lowest BCUT2D eigenvalue weighted by Crippen LogP contribution is -2.33. The Kier molecular flexibility index (Phi) is 4.45. The number of carbonyl (C=O) groups excluding carboxylic acids is 1. The molecular weight excluding hydrogens is 296 g/mol. The Hall–Kier alpha value is -2.57. The van der Waals surface area contributed by atoms with Crippen LogP contribution in [0.4, 0.5) is 0 Å². The third kappa shape index (κ3) is 3.44. The van der Waals surface area contributed by atoms with E-state index >= 15 is 0 Å². The van der Waals surface area contributed by atoms with Crippen molar-refractivity contribution in [2.75, 3.05) is 13.2 Å². The van der Waals surface area contributed by atoms with Gasteiger partial charge in [0.05, 0.1) is 19.3 Å². The highest BCUT2D eigenvalue weighted by molar-refractivity contribution is 5.80. The van der Waals surface area contributed by atoms with Gasteiger partial charge in [-0.15, -0.1) is 0 Å². The van der Waals surface area contributed by atoms with Crippen molar-refractivity contribution < 1.29 is 14.3 Å². The zero-order valence-corrected chi connectivity index (χ0v) is 13.2. The molecule has 23 heavy (non-hydrogen) atoms. The van der Waals surface area contributed by atoms with E-state index in [1.807, 2.05) is 25.1 Å². The molecule has 1 aliphatic heterocycles. The zero-order valence-electron chi connectivity index (χ0n) is 13.2. The van der Waals surface area contributed by atoms with Crippen molar-refractivity contribution in [2.24, 2.45) is 0 Å². The number of hydrogen-bond donors (Lipinski definition) is 1. The zero-order chi connectivity index (χ0) is 16.2. The second kappa shape index (κ2) is 6.68. The van der Waals surface area contributed by atoms with Crippen LogP contribution in [-0.2, 0) is 4.79 Å². The van der Waals surface area contributed by atoms with Crippen LogP contribution in [0, 0.1) is 0 Å². The Labute approximate surface area is 134 Å². The number of aromatic nitrogens is 3. The van der Waals surface area contributed by atoms with Crippen molar-refractivity contribution in [3.05, 3.63) is 36.4 Å². The summed E-state index contributed by atoms with van der Waals surface area (Å²) in [5.41, 5.74) is 0.966. The molecule has 0 bridgehead atoms. The molecule has 1 amide bonds. The number of rotatable bonds is 4. The summed E-state index contributed by atoms with van der Waals surface area (Å²) < 4.78 is 12.8. The third-order valence-corrected chi connectivity index (χ3v) is 3.84. The average molecular weight is 316 g/mol. The molecule has 0 saturated carbocycles. The largest absolute Gasteiger partial charge is 0.490 e. The summed E-state index contributed by atoms with van der Waals surface area (Å²) in [5.74, 6) is 1.36. The van der Waals surface area contributed by atoms with Gasteiger partial charge in [-0.2, -0.15) is 5.10 Å². The van der Waals surface area contributed by atoms with Crippen molar-refractivity contribution in [3.63, 3.8) is 0 Å². The maximum absolute atomic E-state index is 12.3. The summed E-state index contributed by atoms with van der Waals surface area (Å²) in [7, 11) is 0. The van der Waals surface area contributed by atoms with Crippen molar-refractivity contribution in [1.29, 1.82) is 0 Å². The van der Waals surface area contributed by atoms with Gasteiger partial charge in [-0.25, -0.2) is 9.67 Å². The lowest BCUT2D eigenvalue weighted by Gasteiger charge is -2.19. The van der Waals surface area contributed by atoms with E-state index in [1.54, 1.807) is 6.92 Å². The maximum atomic E-state index is 12.3. The van der Waals surface area contributed by atoms with E-state index in [0.29, 0.717) is 13.2 Å². The molecule has 122 valence electrons. The molecule has 0 fully saturated rings. The molecule has 0 saturated heterocycles. The van der Waals surface area contributed by atoms with Crippen LogP contribution in [0.15, 0.2) is 30.9 Å². The van der Waals surface area contributed by atoms with Crippen molar-refractivity contribution >= 4 is 5.91 Å². The summed E-state index contributed by atoms with van der Waals surface area (Å²) in [6.45, 7) is 5.02. The van der Waals surface area contributed by atoms with Gasteiger partial charge in [-0.1, -0.05) is 6.07 Å². The number of nitrogens with zero attached hydrogens (tertiary/aromatic N) is 3. The molecule has 1 N–H and O–H groups in total. The number of carbonyl (C=O) groups is 1. The Bertz CT molecular complexity index is 672. The van der Waals surface area contributed by atoms with E-state index in [1.165, 1.54) is 17.3 Å². The molecule has 1 aliphatic rings. The van der Waals surface area contributed by atoms with Crippen molar-refractivity contribution in [2.45, 2.75) is 32.4 Å². The van der Waals surface area contributed by atoms with Crippen molar-refractivity contribution in [3.8, 4) is 11.5 Å². The average Bonchev–Trinajstić information content (AvgIpc) is 2.99. The fourth-order valence-electron chi connectivity index (χ4n) is 2.40. The van der Waals surface area contributed by atoms with Gasteiger partial charge in [-0.3, -0.25) is 4.79 Å². The Balaban J connectivity index is 1.69. The second-order valence-corrected chi connectivity index (χ2v) is 5.54. The van der Waals surface area contributed by atoms with Crippen LogP contribution in [-0.4, -0.2) is 33.9 Å². The van der Waals surface area contributed by atoms with E-state index in [4.69, 9.17) is 9.47 Å². The first-order chi connectivity index (χ1) is 11.1. The number of ether oxygens (including phenoxy) is 2. The normalized spacial score (nSPS) is 16.3. The van der Waals surface area contributed by atoms with E-state index in [0.717, 1.165) is 23.5 Å². The topological polar surface area (TPSA) is 78.3 Å². The molecule has 1 aromatic heterocycles. The minimum absolute atomic E-state index is 0.116. The minimum Gasteiger partial charge on any atom is -0.490 e.